The number of hydrogen-bond donors (Lipinski definition) is 1. The van der Waals surface area contributed by atoms with Crippen LogP contribution >= 0.6 is 12.4 Å². The second kappa shape index (κ2) is 6.58. The molecular weight excluding hydrogens is 286 g/mol. The Morgan fingerprint density at radius 1 is 1.14 bits per heavy atom. The summed E-state index contributed by atoms with van der Waals surface area (Å²) in [5, 5.41) is 4.10. The van der Waals surface area contributed by atoms with Crippen LogP contribution in [-0.2, 0) is 12.0 Å². The van der Waals surface area contributed by atoms with E-state index in [-0.39, 0.29) is 12.4 Å². The number of aryl methyl sites for hydroxylation is 1. The van der Waals surface area contributed by atoms with Crippen LogP contribution in [0.2, 0.25) is 0 Å². The maximum atomic E-state index is 6.42. The van der Waals surface area contributed by atoms with Gasteiger partial charge in [0.15, 0.2) is 0 Å². The van der Waals surface area contributed by atoms with Gasteiger partial charge in [-0.25, -0.2) is 0 Å². The zero-order valence-corrected chi connectivity index (χ0v) is 13.2. The van der Waals surface area contributed by atoms with E-state index in [1.54, 1.807) is 0 Å². The Morgan fingerprint density at radius 3 is 2.43 bits per heavy atom. The van der Waals surface area contributed by atoms with Crippen molar-refractivity contribution in [3.05, 3.63) is 35.7 Å². The van der Waals surface area contributed by atoms with Crippen LogP contribution in [0.4, 0.5) is 0 Å². The number of nitrogens with zero attached hydrogens (tertiary/aromatic N) is 2. The quantitative estimate of drug-likeness (QED) is 0.935. The number of rotatable bonds is 3. The van der Waals surface area contributed by atoms with Gasteiger partial charge in [0.25, 0.3) is 0 Å². The van der Waals surface area contributed by atoms with Gasteiger partial charge in [-0.1, -0.05) is 55.6 Å². The summed E-state index contributed by atoms with van der Waals surface area (Å²) >= 11 is 0. The van der Waals surface area contributed by atoms with E-state index in [2.05, 4.69) is 29.2 Å². The molecule has 0 radical (unpaired) electrons. The maximum absolute atomic E-state index is 6.42. The first-order valence-electron chi connectivity index (χ1n) is 7.44. The molecule has 1 aliphatic rings. The van der Waals surface area contributed by atoms with E-state index < -0.39 is 5.54 Å². The standard InChI is InChI=1S/C16H21N3O.ClH/c1-2-12-6-8-13(9-7-12)14-18-15(20-19-14)16(17)10-4-3-5-11-16;/h6-9H,2-5,10-11,17H2,1H3;1H. The third kappa shape index (κ3) is 3.27. The third-order valence-corrected chi connectivity index (χ3v) is 4.22. The molecule has 114 valence electrons. The molecule has 0 unspecified atom stereocenters. The molecule has 0 atom stereocenters. The van der Waals surface area contributed by atoms with Crippen LogP contribution in [0.1, 0.15) is 50.5 Å². The van der Waals surface area contributed by atoms with Gasteiger partial charge in [-0.05, 0) is 24.8 Å². The molecule has 2 aromatic rings. The second-order valence-electron chi connectivity index (χ2n) is 5.69. The maximum Gasteiger partial charge on any atom is 0.247 e. The summed E-state index contributed by atoms with van der Waals surface area (Å²) in [4.78, 5) is 4.53. The van der Waals surface area contributed by atoms with Crippen molar-refractivity contribution in [1.82, 2.24) is 10.1 Å². The highest BCUT2D eigenvalue weighted by Gasteiger charge is 2.35. The predicted molar refractivity (Wildman–Crippen MR) is 85.3 cm³/mol. The summed E-state index contributed by atoms with van der Waals surface area (Å²) in [5.74, 6) is 1.23. The fraction of sp³-hybridized carbons (Fsp3) is 0.500. The molecule has 1 aliphatic carbocycles. The molecule has 0 amide bonds. The first-order valence-corrected chi connectivity index (χ1v) is 7.44. The molecule has 1 saturated carbocycles. The van der Waals surface area contributed by atoms with Crippen molar-refractivity contribution in [3.8, 4) is 11.4 Å². The minimum atomic E-state index is -0.424. The SMILES string of the molecule is CCc1ccc(-c2noc(C3(N)CCCCC3)n2)cc1.Cl. The number of halogens is 1. The Morgan fingerprint density at radius 2 is 1.81 bits per heavy atom. The summed E-state index contributed by atoms with van der Waals surface area (Å²) < 4.78 is 5.43. The Balaban J connectivity index is 0.00000161. The zero-order valence-electron chi connectivity index (χ0n) is 12.3. The fourth-order valence-electron chi connectivity index (χ4n) is 2.83. The molecule has 1 aromatic carbocycles. The van der Waals surface area contributed by atoms with Crippen LogP contribution in [0.15, 0.2) is 28.8 Å². The van der Waals surface area contributed by atoms with Crippen molar-refractivity contribution < 1.29 is 4.52 Å². The van der Waals surface area contributed by atoms with Crippen LogP contribution in [-0.4, -0.2) is 10.1 Å². The smallest absolute Gasteiger partial charge is 0.247 e. The molecule has 2 N–H and O–H groups in total. The summed E-state index contributed by atoms with van der Waals surface area (Å²) in [6.45, 7) is 2.14. The monoisotopic (exact) mass is 307 g/mol. The topological polar surface area (TPSA) is 64.9 Å². The highest BCUT2D eigenvalue weighted by Crippen LogP contribution is 2.34. The summed E-state index contributed by atoms with van der Waals surface area (Å²) in [7, 11) is 0. The largest absolute Gasteiger partial charge is 0.337 e. The second-order valence-corrected chi connectivity index (χ2v) is 5.69. The molecule has 1 fully saturated rings. The highest BCUT2D eigenvalue weighted by molar-refractivity contribution is 5.85. The molecule has 0 saturated heterocycles. The van der Waals surface area contributed by atoms with Crippen molar-refractivity contribution in [2.75, 3.05) is 0 Å². The van der Waals surface area contributed by atoms with Crippen LogP contribution in [0, 0.1) is 0 Å². The summed E-state index contributed by atoms with van der Waals surface area (Å²) in [6.07, 6.45) is 6.42. The summed E-state index contributed by atoms with van der Waals surface area (Å²) in [5.41, 5.74) is 8.29. The highest BCUT2D eigenvalue weighted by atomic mass is 35.5. The van der Waals surface area contributed by atoms with E-state index >= 15 is 0 Å². The summed E-state index contributed by atoms with van der Waals surface area (Å²) in [6, 6.07) is 8.28. The number of benzene rings is 1. The van der Waals surface area contributed by atoms with Crippen molar-refractivity contribution in [1.29, 1.82) is 0 Å². The molecule has 4 nitrogen and oxygen atoms in total. The lowest BCUT2D eigenvalue weighted by molar-refractivity contribution is 0.220. The minimum Gasteiger partial charge on any atom is -0.337 e. The van der Waals surface area contributed by atoms with Crippen molar-refractivity contribution in [3.63, 3.8) is 0 Å². The zero-order chi connectivity index (χ0) is 14.0. The van der Waals surface area contributed by atoms with Gasteiger partial charge in [0, 0.05) is 5.56 Å². The molecule has 0 bridgehead atoms. The van der Waals surface area contributed by atoms with Gasteiger partial charge in [-0.3, -0.25) is 0 Å². The van der Waals surface area contributed by atoms with E-state index in [1.807, 2.05) is 12.1 Å². The Kier molecular flexibility index (Phi) is 5.01. The van der Waals surface area contributed by atoms with Gasteiger partial charge in [-0.2, -0.15) is 4.98 Å². The average Bonchev–Trinajstić information content (AvgIpc) is 2.99. The number of aromatic nitrogens is 2. The van der Waals surface area contributed by atoms with Gasteiger partial charge < -0.3 is 10.3 Å². The van der Waals surface area contributed by atoms with Crippen molar-refractivity contribution >= 4 is 12.4 Å². The van der Waals surface area contributed by atoms with E-state index in [1.165, 1.54) is 12.0 Å². The molecule has 5 heteroatoms. The lowest BCUT2D eigenvalue weighted by atomic mass is 9.82. The Hall–Kier alpha value is -1.39. The lowest BCUT2D eigenvalue weighted by Gasteiger charge is -2.29. The predicted octanol–water partition coefficient (Wildman–Crippen LogP) is 3.84. The third-order valence-electron chi connectivity index (χ3n) is 4.22. The van der Waals surface area contributed by atoms with E-state index in [9.17, 15) is 0 Å². The van der Waals surface area contributed by atoms with Crippen LogP contribution < -0.4 is 5.73 Å². The molecule has 1 heterocycles. The molecular formula is C16H22ClN3O. The molecule has 21 heavy (non-hydrogen) atoms. The molecule has 0 spiro atoms. The van der Waals surface area contributed by atoms with Crippen LogP contribution in [0.5, 0.6) is 0 Å². The lowest BCUT2D eigenvalue weighted by Crippen LogP contribution is -2.38. The number of nitrogens with two attached hydrogens (primary N) is 1. The minimum absolute atomic E-state index is 0. The van der Waals surface area contributed by atoms with E-state index in [0.29, 0.717) is 11.7 Å². The van der Waals surface area contributed by atoms with Gasteiger partial charge in [-0.15, -0.1) is 12.4 Å². The molecule has 1 aromatic heterocycles. The normalized spacial score (nSPS) is 17.2. The van der Waals surface area contributed by atoms with Gasteiger partial charge in [0.1, 0.15) is 0 Å². The van der Waals surface area contributed by atoms with Gasteiger partial charge in [0.2, 0.25) is 11.7 Å². The Bertz CT molecular complexity index is 573. The number of hydrogen-bond acceptors (Lipinski definition) is 4. The van der Waals surface area contributed by atoms with Crippen molar-refractivity contribution in [2.45, 2.75) is 51.0 Å². The molecule has 3 rings (SSSR count). The van der Waals surface area contributed by atoms with Crippen LogP contribution in [0.3, 0.4) is 0 Å². The van der Waals surface area contributed by atoms with E-state index in [4.69, 9.17) is 10.3 Å². The Labute approximate surface area is 131 Å². The van der Waals surface area contributed by atoms with Gasteiger partial charge >= 0.3 is 0 Å². The van der Waals surface area contributed by atoms with E-state index in [0.717, 1.165) is 37.7 Å². The molecule has 0 aliphatic heterocycles. The van der Waals surface area contributed by atoms with Crippen LogP contribution in [0.25, 0.3) is 11.4 Å². The van der Waals surface area contributed by atoms with Gasteiger partial charge in [0.05, 0.1) is 5.54 Å². The first kappa shape index (κ1) is 16.0. The first-order chi connectivity index (χ1) is 9.71. The fourth-order valence-corrected chi connectivity index (χ4v) is 2.83. The van der Waals surface area contributed by atoms with Crippen molar-refractivity contribution in [2.24, 2.45) is 5.73 Å². The average molecular weight is 308 g/mol.